The van der Waals surface area contributed by atoms with Crippen LogP contribution < -0.4 is 14.4 Å². The van der Waals surface area contributed by atoms with Crippen LogP contribution in [0.15, 0.2) is 42.5 Å². The molecule has 0 amide bonds. The van der Waals surface area contributed by atoms with Crippen LogP contribution in [-0.4, -0.2) is 33.3 Å². The van der Waals surface area contributed by atoms with Gasteiger partial charge in [-0.05, 0) is 60.5 Å². The summed E-state index contributed by atoms with van der Waals surface area (Å²) in [5, 5.41) is 1.93. The molecule has 0 atom stereocenters. The van der Waals surface area contributed by atoms with Crippen LogP contribution in [0.4, 0.5) is 5.69 Å². The summed E-state index contributed by atoms with van der Waals surface area (Å²) in [6.07, 6.45) is 0. The number of hydrogen-bond donors (Lipinski definition) is 0. The Hall–Kier alpha value is -3.21. The molecule has 1 aliphatic rings. The molecule has 0 aromatic heterocycles. The number of esters is 1. The largest absolute Gasteiger partial charge is 0.493 e. The lowest BCUT2D eigenvalue weighted by molar-refractivity contribution is 0.0535. The number of cyclic esters (lactones) is 1. The van der Waals surface area contributed by atoms with Gasteiger partial charge in [-0.1, -0.05) is 12.1 Å². The number of nitrogens with zero attached hydrogens (tertiary/aromatic N) is 1. The third-order valence-electron chi connectivity index (χ3n) is 5.57. The molecule has 0 saturated carbocycles. The molecule has 0 radical (unpaired) electrons. The Morgan fingerprint density at radius 2 is 1.59 bits per heavy atom. The van der Waals surface area contributed by atoms with Gasteiger partial charge in [0.1, 0.15) is 6.61 Å². The Morgan fingerprint density at radius 1 is 0.931 bits per heavy atom. The SMILES string of the molecule is CCN(CC)c1ccc(-c2c3c(cc4cc(OC)c(OC)cc24)COC3=O)cc1. The van der Waals surface area contributed by atoms with Crippen molar-refractivity contribution in [3.05, 3.63) is 53.6 Å². The van der Waals surface area contributed by atoms with Gasteiger partial charge in [0.2, 0.25) is 0 Å². The highest BCUT2D eigenvalue weighted by Gasteiger charge is 2.28. The molecule has 29 heavy (non-hydrogen) atoms. The zero-order chi connectivity index (χ0) is 20.5. The average Bonchev–Trinajstić information content (AvgIpc) is 3.12. The molecule has 5 heteroatoms. The van der Waals surface area contributed by atoms with E-state index in [-0.39, 0.29) is 5.97 Å². The van der Waals surface area contributed by atoms with Crippen molar-refractivity contribution in [3.63, 3.8) is 0 Å². The summed E-state index contributed by atoms with van der Waals surface area (Å²) in [5.74, 6) is 1.01. The van der Waals surface area contributed by atoms with E-state index in [1.807, 2.05) is 18.2 Å². The predicted molar refractivity (Wildman–Crippen MR) is 115 cm³/mol. The lowest BCUT2D eigenvalue weighted by Gasteiger charge is -2.21. The molecule has 3 aromatic rings. The standard InChI is InChI=1S/C24H25NO4/c1-5-25(6-2)18-9-7-15(8-10-18)22-19-13-21(28-4)20(27-3)12-16(19)11-17-14-29-24(26)23(17)22/h7-13H,5-6,14H2,1-4H3. The maximum Gasteiger partial charge on any atom is 0.339 e. The number of rotatable bonds is 6. The fourth-order valence-electron chi connectivity index (χ4n) is 4.08. The Balaban J connectivity index is 1.97. The topological polar surface area (TPSA) is 48.0 Å². The smallest absolute Gasteiger partial charge is 0.339 e. The van der Waals surface area contributed by atoms with Crippen LogP contribution in [0.1, 0.15) is 29.8 Å². The molecule has 0 saturated heterocycles. The summed E-state index contributed by atoms with van der Waals surface area (Å²) in [6, 6.07) is 14.3. The van der Waals surface area contributed by atoms with E-state index in [2.05, 4.69) is 43.0 Å². The quantitative estimate of drug-likeness (QED) is 0.551. The minimum atomic E-state index is -0.278. The Bertz CT molecular complexity index is 1070. The first kappa shape index (κ1) is 19.1. The number of benzene rings is 3. The number of hydrogen-bond acceptors (Lipinski definition) is 5. The highest BCUT2D eigenvalue weighted by atomic mass is 16.5. The lowest BCUT2D eigenvalue weighted by atomic mass is 9.90. The van der Waals surface area contributed by atoms with Crippen molar-refractivity contribution in [1.82, 2.24) is 0 Å². The van der Waals surface area contributed by atoms with E-state index in [0.717, 1.165) is 46.2 Å². The number of carbonyl (C=O) groups excluding carboxylic acids is 1. The van der Waals surface area contributed by atoms with E-state index in [4.69, 9.17) is 14.2 Å². The summed E-state index contributed by atoms with van der Waals surface area (Å²) in [4.78, 5) is 14.9. The second-order valence-corrected chi connectivity index (χ2v) is 7.01. The molecule has 0 bridgehead atoms. The molecule has 0 N–H and O–H groups in total. The number of methoxy groups -OCH3 is 2. The van der Waals surface area contributed by atoms with Gasteiger partial charge in [-0.15, -0.1) is 0 Å². The third-order valence-corrected chi connectivity index (χ3v) is 5.57. The van der Waals surface area contributed by atoms with Gasteiger partial charge in [0, 0.05) is 29.9 Å². The first-order valence-corrected chi connectivity index (χ1v) is 9.85. The maximum absolute atomic E-state index is 12.6. The fraction of sp³-hybridized carbons (Fsp3) is 0.292. The highest BCUT2D eigenvalue weighted by Crippen LogP contribution is 2.42. The van der Waals surface area contributed by atoms with Crippen LogP contribution >= 0.6 is 0 Å². The van der Waals surface area contributed by atoms with Gasteiger partial charge in [0.25, 0.3) is 0 Å². The van der Waals surface area contributed by atoms with Crippen molar-refractivity contribution in [1.29, 1.82) is 0 Å². The van der Waals surface area contributed by atoms with Crippen LogP contribution in [0.3, 0.4) is 0 Å². The van der Waals surface area contributed by atoms with Gasteiger partial charge in [0.05, 0.1) is 19.8 Å². The van der Waals surface area contributed by atoms with E-state index in [1.165, 1.54) is 0 Å². The first-order chi connectivity index (χ1) is 14.1. The van der Waals surface area contributed by atoms with Crippen molar-refractivity contribution in [2.24, 2.45) is 0 Å². The molecule has 0 unspecified atom stereocenters. The fourth-order valence-corrected chi connectivity index (χ4v) is 4.08. The molecular weight excluding hydrogens is 366 g/mol. The summed E-state index contributed by atoms with van der Waals surface area (Å²) in [6.45, 7) is 6.48. The number of anilines is 1. The zero-order valence-corrected chi connectivity index (χ0v) is 17.2. The summed E-state index contributed by atoms with van der Waals surface area (Å²) in [5.41, 5.74) is 4.57. The number of fused-ring (bicyclic) bond motifs is 2. The Morgan fingerprint density at radius 3 is 2.21 bits per heavy atom. The molecule has 1 aliphatic heterocycles. The van der Waals surface area contributed by atoms with E-state index >= 15 is 0 Å². The molecule has 0 spiro atoms. The monoisotopic (exact) mass is 391 g/mol. The molecule has 0 fully saturated rings. The second kappa shape index (κ2) is 7.66. The second-order valence-electron chi connectivity index (χ2n) is 7.01. The Labute approximate surface area is 170 Å². The van der Waals surface area contributed by atoms with Gasteiger partial charge in [-0.3, -0.25) is 0 Å². The van der Waals surface area contributed by atoms with Gasteiger partial charge in [0.15, 0.2) is 11.5 Å². The average molecular weight is 391 g/mol. The van der Waals surface area contributed by atoms with Crippen molar-refractivity contribution in [2.75, 3.05) is 32.2 Å². The minimum Gasteiger partial charge on any atom is -0.493 e. The summed E-state index contributed by atoms with van der Waals surface area (Å²) < 4.78 is 16.3. The summed E-state index contributed by atoms with van der Waals surface area (Å²) >= 11 is 0. The van der Waals surface area contributed by atoms with Crippen LogP contribution in [0.2, 0.25) is 0 Å². The Kier molecular flexibility index (Phi) is 5.05. The molecule has 1 heterocycles. The van der Waals surface area contributed by atoms with Crippen molar-refractivity contribution >= 4 is 22.4 Å². The van der Waals surface area contributed by atoms with Gasteiger partial charge in [-0.2, -0.15) is 0 Å². The number of ether oxygens (including phenoxy) is 3. The molecule has 4 rings (SSSR count). The van der Waals surface area contributed by atoms with E-state index in [1.54, 1.807) is 14.2 Å². The van der Waals surface area contributed by atoms with Gasteiger partial charge >= 0.3 is 5.97 Å². The highest BCUT2D eigenvalue weighted by molar-refractivity contribution is 6.11. The van der Waals surface area contributed by atoms with Crippen LogP contribution in [-0.2, 0) is 11.3 Å². The van der Waals surface area contributed by atoms with Crippen LogP contribution in [0.25, 0.3) is 21.9 Å². The minimum absolute atomic E-state index is 0.278. The molecule has 3 aromatic carbocycles. The number of carbonyl (C=O) groups is 1. The van der Waals surface area contributed by atoms with Gasteiger partial charge < -0.3 is 19.1 Å². The van der Waals surface area contributed by atoms with Crippen LogP contribution in [0, 0.1) is 0 Å². The molecule has 150 valence electrons. The lowest BCUT2D eigenvalue weighted by Crippen LogP contribution is -2.21. The molecule has 5 nitrogen and oxygen atoms in total. The van der Waals surface area contributed by atoms with E-state index < -0.39 is 0 Å². The van der Waals surface area contributed by atoms with Crippen LogP contribution in [0.5, 0.6) is 11.5 Å². The van der Waals surface area contributed by atoms with E-state index in [9.17, 15) is 4.79 Å². The van der Waals surface area contributed by atoms with Crippen molar-refractivity contribution in [3.8, 4) is 22.6 Å². The van der Waals surface area contributed by atoms with E-state index in [0.29, 0.717) is 23.7 Å². The predicted octanol–water partition coefficient (Wildman–Crippen LogP) is 5.04. The first-order valence-electron chi connectivity index (χ1n) is 9.85. The third kappa shape index (κ3) is 3.16. The van der Waals surface area contributed by atoms with Crippen molar-refractivity contribution < 1.29 is 19.0 Å². The molecule has 0 aliphatic carbocycles. The normalized spacial score (nSPS) is 12.6. The maximum atomic E-state index is 12.6. The van der Waals surface area contributed by atoms with Gasteiger partial charge in [-0.25, -0.2) is 4.79 Å². The zero-order valence-electron chi connectivity index (χ0n) is 17.2. The van der Waals surface area contributed by atoms with Crippen molar-refractivity contribution in [2.45, 2.75) is 20.5 Å². The molecular formula is C24H25NO4. The summed E-state index contributed by atoms with van der Waals surface area (Å²) in [7, 11) is 3.24.